The predicted octanol–water partition coefficient (Wildman–Crippen LogP) is 7.28. The van der Waals surface area contributed by atoms with Gasteiger partial charge in [-0.05, 0) is 19.1 Å². The smallest absolute Gasteiger partial charge is 0.159 e. The molecule has 0 radical (unpaired) electrons. The van der Waals surface area contributed by atoms with Gasteiger partial charge in [0.15, 0.2) is 11.4 Å². The van der Waals surface area contributed by atoms with Gasteiger partial charge in [0.05, 0.1) is 11.1 Å². The topological polar surface area (TPSA) is 0 Å². The van der Waals surface area contributed by atoms with Gasteiger partial charge in [0.25, 0.3) is 0 Å². The van der Waals surface area contributed by atoms with Gasteiger partial charge < -0.3 is 0 Å². The summed E-state index contributed by atoms with van der Waals surface area (Å²) in [6.07, 6.45) is 0. The van der Waals surface area contributed by atoms with Crippen molar-refractivity contribution in [1.29, 1.82) is 0 Å². The zero-order valence-electron chi connectivity index (χ0n) is 14.8. The molecule has 4 aromatic carbocycles. The normalized spacial score (nSPS) is 13.9. The molecule has 0 spiro atoms. The Balaban J connectivity index is 2.01. The first-order valence-electron chi connectivity index (χ1n) is 9.04. The van der Waals surface area contributed by atoms with E-state index in [1.54, 1.807) is 0 Å². The fourth-order valence-corrected chi connectivity index (χ4v) is 4.42. The molecule has 124 valence electrons. The van der Waals surface area contributed by atoms with Gasteiger partial charge in [0, 0.05) is 35.9 Å². The number of aryl methyl sites for hydroxylation is 1. The van der Waals surface area contributed by atoms with Crippen molar-refractivity contribution in [3.05, 3.63) is 109 Å². The number of quaternary nitrogens is 1. The maximum atomic E-state index is 2.27. The van der Waals surface area contributed by atoms with Gasteiger partial charge in [-0.3, -0.25) is 0 Å². The van der Waals surface area contributed by atoms with E-state index in [9.17, 15) is 0 Å². The highest BCUT2D eigenvalue weighted by atomic mass is 15.4. The lowest BCUT2D eigenvalue weighted by Gasteiger charge is -2.35. The van der Waals surface area contributed by atoms with E-state index in [4.69, 9.17) is 0 Å². The molecule has 1 heterocycles. The van der Waals surface area contributed by atoms with Gasteiger partial charge >= 0.3 is 0 Å². The predicted molar refractivity (Wildman–Crippen MR) is 110 cm³/mol. The van der Waals surface area contributed by atoms with Gasteiger partial charge in [-0.15, -0.1) is 0 Å². The van der Waals surface area contributed by atoms with Crippen LogP contribution in [0.3, 0.4) is 0 Å². The highest BCUT2D eigenvalue weighted by Gasteiger charge is 2.48. The third kappa shape index (κ3) is 1.89. The minimum atomic E-state index is 0.639. The molecule has 0 atom stereocenters. The lowest BCUT2D eigenvalue weighted by atomic mass is 10.0. The van der Waals surface area contributed by atoms with Gasteiger partial charge in [0.1, 0.15) is 11.4 Å². The molecule has 0 bridgehead atoms. The summed E-state index contributed by atoms with van der Waals surface area (Å²) in [6.45, 7) is 2.23. The van der Waals surface area contributed by atoms with Crippen LogP contribution in [-0.2, 0) is 0 Å². The standard InChI is InChI=1S/C25H20N/c1-19-11-10-17-23-22-16-8-9-18-24(22)26(25(19)23,20-12-4-2-5-13-20)21-14-6-3-7-15-21/h2-18H,1H3/q+1. The molecule has 1 aliphatic rings. The first-order valence-corrected chi connectivity index (χ1v) is 9.04. The number of fused-ring (bicyclic) bond motifs is 3. The maximum absolute atomic E-state index is 2.27. The minimum Gasteiger partial charge on any atom is -0.193 e. The summed E-state index contributed by atoms with van der Waals surface area (Å²) in [5.74, 6) is 0. The Labute approximate surface area is 154 Å². The van der Waals surface area contributed by atoms with Crippen LogP contribution in [0.5, 0.6) is 0 Å². The Bertz CT molecular complexity index is 1040. The largest absolute Gasteiger partial charge is 0.193 e. The molecule has 0 fully saturated rings. The SMILES string of the molecule is Cc1cccc2c1[N+](c1ccccc1)(c1ccccc1)c1ccccc1-2. The number of hydrogen-bond acceptors (Lipinski definition) is 0. The summed E-state index contributed by atoms with van der Waals surface area (Å²) in [7, 11) is 0. The van der Waals surface area contributed by atoms with E-state index in [0.29, 0.717) is 4.48 Å². The van der Waals surface area contributed by atoms with Crippen LogP contribution < -0.4 is 4.48 Å². The summed E-state index contributed by atoms with van der Waals surface area (Å²) in [6, 6.07) is 37.2. The van der Waals surface area contributed by atoms with E-state index in [2.05, 4.69) is 110 Å². The number of nitrogens with zero attached hydrogens (tertiary/aromatic N) is 1. The number of hydrogen-bond donors (Lipinski definition) is 0. The molecule has 1 heteroatoms. The molecule has 0 aromatic heterocycles. The number of para-hydroxylation sites is 4. The first kappa shape index (κ1) is 15.1. The van der Waals surface area contributed by atoms with Crippen molar-refractivity contribution in [3.63, 3.8) is 0 Å². The van der Waals surface area contributed by atoms with Crippen LogP contribution in [0.1, 0.15) is 5.56 Å². The van der Waals surface area contributed by atoms with Crippen molar-refractivity contribution in [2.45, 2.75) is 6.92 Å². The second kappa shape index (κ2) is 5.69. The van der Waals surface area contributed by atoms with Crippen molar-refractivity contribution in [3.8, 4) is 11.1 Å². The Morgan fingerprint density at radius 1 is 0.500 bits per heavy atom. The molecule has 26 heavy (non-hydrogen) atoms. The average molecular weight is 334 g/mol. The zero-order chi connectivity index (χ0) is 17.6. The first-order chi connectivity index (χ1) is 12.8. The molecule has 1 aliphatic heterocycles. The van der Waals surface area contributed by atoms with E-state index in [1.165, 1.54) is 39.4 Å². The van der Waals surface area contributed by atoms with Crippen LogP contribution in [0.25, 0.3) is 11.1 Å². The lowest BCUT2D eigenvalue weighted by Crippen LogP contribution is -2.31. The molecular formula is C25H20N+. The van der Waals surface area contributed by atoms with Gasteiger partial charge in [-0.2, -0.15) is 4.48 Å². The Morgan fingerprint density at radius 2 is 1.04 bits per heavy atom. The molecule has 1 nitrogen and oxygen atoms in total. The number of rotatable bonds is 2. The van der Waals surface area contributed by atoms with E-state index in [-0.39, 0.29) is 0 Å². The average Bonchev–Trinajstić information content (AvgIpc) is 3.02. The van der Waals surface area contributed by atoms with E-state index >= 15 is 0 Å². The van der Waals surface area contributed by atoms with Crippen LogP contribution in [0.15, 0.2) is 103 Å². The van der Waals surface area contributed by atoms with E-state index in [1.807, 2.05) is 0 Å². The lowest BCUT2D eigenvalue weighted by molar-refractivity contribution is 0.716. The van der Waals surface area contributed by atoms with Crippen LogP contribution in [0.4, 0.5) is 22.7 Å². The van der Waals surface area contributed by atoms with Crippen LogP contribution in [0.2, 0.25) is 0 Å². The molecule has 0 unspecified atom stereocenters. The Morgan fingerprint density at radius 3 is 1.69 bits per heavy atom. The maximum Gasteiger partial charge on any atom is 0.159 e. The summed E-state index contributed by atoms with van der Waals surface area (Å²) >= 11 is 0. The number of benzene rings is 4. The molecule has 0 aliphatic carbocycles. The second-order valence-corrected chi connectivity index (χ2v) is 6.83. The second-order valence-electron chi connectivity index (χ2n) is 6.83. The fraction of sp³-hybridized carbons (Fsp3) is 0.0400. The molecule has 5 rings (SSSR count). The van der Waals surface area contributed by atoms with Gasteiger partial charge in [-0.1, -0.05) is 60.7 Å². The van der Waals surface area contributed by atoms with Crippen molar-refractivity contribution < 1.29 is 0 Å². The third-order valence-corrected chi connectivity index (χ3v) is 5.42. The summed E-state index contributed by atoms with van der Waals surface area (Å²) in [4.78, 5) is 0. The summed E-state index contributed by atoms with van der Waals surface area (Å²) in [5, 5.41) is 0. The third-order valence-electron chi connectivity index (χ3n) is 5.42. The van der Waals surface area contributed by atoms with Crippen molar-refractivity contribution >= 4 is 22.7 Å². The quantitative estimate of drug-likeness (QED) is 0.298. The molecular weight excluding hydrogens is 314 g/mol. The van der Waals surface area contributed by atoms with E-state index < -0.39 is 0 Å². The Kier molecular flexibility index (Phi) is 3.31. The van der Waals surface area contributed by atoms with E-state index in [0.717, 1.165) is 0 Å². The minimum absolute atomic E-state index is 0.639. The van der Waals surface area contributed by atoms with Crippen LogP contribution in [-0.4, -0.2) is 0 Å². The molecule has 0 saturated heterocycles. The molecule has 4 aromatic rings. The molecule has 0 saturated carbocycles. The van der Waals surface area contributed by atoms with Crippen molar-refractivity contribution in [1.82, 2.24) is 4.48 Å². The highest BCUT2D eigenvalue weighted by Crippen LogP contribution is 2.62. The highest BCUT2D eigenvalue weighted by molar-refractivity contribution is 6.03. The fourth-order valence-electron chi connectivity index (χ4n) is 4.42. The summed E-state index contributed by atoms with van der Waals surface area (Å²) < 4.78 is 0.639. The summed E-state index contributed by atoms with van der Waals surface area (Å²) in [5.41, 5.74) is 9.15. The monoisotopic (exact) mass is 334 g/mol. The van der Waals surface area contributed by atoms with Crippen molar-refractivity contribution in [2.75, 3.05) is 0 Å². The van der Waals surface area contributed by atoms with Crippen LogP contribution in [0, 0.1) is 6.92 Å². The molecule has 0 amide bonds. The van der Waals surface area contributed by atoms with Gasteiger partial charge in [0.2, 0.25) is 0 Å². The molecule has 0 N–H and O–H groups in total. The van der Waals surface area contributed by atoms with Crippen LogP contribution >= 0.6 is 0 Å². The van der Waals surface area contributed by atoms with Gasteiger partial charge in [-0.25, -0.2) is 0 Å². The Hall–Kier alpha value is -3.16. The zero-order valence-corrected chi connectivity index (χ0v) is 14.8. The van der Waals surface area contributed by atoms with Crippen molar-refractivity contribution in [2.24, 2.45) is 0 Å².